The second-order valence-corrected chi connectivity index (χ2v) is 8.30. The predicted octanol–water partition coefficient (Wildman–Crippen LogP) is 4.69. The fourth-order valence-electron chi connectivity index (χ4n) is 4.81. The summed E-state index contributed by atoms with van der Waals surface area (Å²) in [7, 11) is 2.00. The van der Waals surface area contributed by atoms with Gasteiger partial charge in [0.2, 0.25) is 0 Å². The lowest BCUT2D eigenvalue weighted by Crippen LogP contribution is -2.40. The number of carbonyl (C=O) groups excluding carboxylic acids is 1. The van der Waals surface area contributed by atoms with Crippen LogP contribution in [0.4, 0.5) is 0 Å². The van der Waals surface area contributed by atoms with E-state index in [0.29, 0.717) is 5.92 Å². The molecule has 4 heterocycles. The number of likely N-dealkylation sites (tertiary alicyclic amines) is 1. The summed E-state index contributed by atoms with van der Waals surface area (Å²) in [6, 6.07) is 12.5. The van der Waals surface area contributed by atoms with E-state index in [1.165, 1.54) is 16.6 Å². The van der Waals surface area contributed by atoms with E-state index in [-0.39, 0.29) is 5.91 Å². The van der Waals surface area contributed by atoms with Crippen molar-refractivity contribution in [2.75, 3.05) is 13.1 Å². The minimum absolute atomic E-state index is 0.137. The van der Waals surface area contributed by atoms with E-state index in [1.54, 1.807) is 0 Å². The van der Waals surface area contributed by atoms with Crippen molar-refractivity contribution < 1.29 is 4.79 Å². The largest absolute Gasteiger partial charge is 0.357 e. The van der Waals surface area contributed by atoms with Gasteiger partial charge in [-0.25, -0.2) is 0 Å². The van der Waals surface area contributed by atoms with Crippen LogP contribution in [0.2, 0.25) is 0 Å². The summed E-state index contributed by atoms with van der Waals surface area (Å²) in [5, 5.41) is 1.17. The van der Waals surface area contributed by atoms with E-state index >= 15 is 0 Å². The van der Waals surface area contributed by atoms with E-state index in [4.69, 9.17) is 0 Å². The van der Waals surface area contributed by atoms with Crippen molar-refractivity contribution in [2.24, 2.45) is 7.05 Å². The van der Waals surface area contributed by atoms with Crippen LogP contribution >= 0.6 is 0 Å². The van der Waals surface area contributed by atoms with Crippen LogP contribution in [0.3, 0.4) is 0 Å². The molecule has 3 aromatic heterocycles. The first-order valence-electron chi connectivity index (χ1n) is 10.3. The molecule has 29 heavy (non-hydrogen) atoms. The monoisotopic (exact) mass is 386 g/mol. The van der Waals surface area contributed by atoms with Crippen molar-refractivity contribution in [1.82, 2.24) is 19.4 Å². The second kappa shape index (κ2) is 6.76. The zero-order valence-corrected chi connectivity index (χ0v) is 17.2. The maximum Gasteiger partial charge on any atom is 0.270 e. The van der Waals surface area contributed by atoms with Gasteiger partial charge in [0.1, 0.15) is 5.69 Å². The number of aromatic amines is 1. The zero-order valence-electron chi connectivity index (χ0n) is 17.2. The fraction of sp³-hybridized carbons (Fsp3) is 0.333. The molecule has 5 heteroatoms. The highest BCUT2D eigenvalue weighted by atomic mass is 16.2. The van der Waals surface area contributed by atoms with Crippen LogP contribution in [0.15, 0.2) is 42.6 Å². The van der Waals surface area contributed by atoms with Crippen LogP contribution in [-0.4, -0.2) is 38.4 Å². The molecule has 148 valence electrons. The number of nitrogens with one attached hydrogen (secondary N) is 1. The minimum Gasteiger partial charge on any atom is -0.357 e. The molecule has 1 fully saturated rings. The number of aryl methyl sites for hydroxylation is 3. The average molecular weight is 386 g/mol. The van der Waals surface area contributed by atoms with Crippen LogP contribution in [-0.2, 0) is 7.05 Å². The van der Waals surface area contributed by atoms with Crippen molar-refractivity contribution in [3.8, 4) is 0 Å². The second-order valence-electron chi connectivity index (χ2n) is 8.30. The first kappa shape index (κ1) is 18.0. The molecule has 1 aliphatic heterocycles. The number of hydrogen-bond acceptors (Lipinski definition) is 2. The third-order valence-electron chi connectivity index (χ3n) is 6.37. The van der Waals surface area contributed by atoms with E-state index in [1.807, 2.05) is 24.2 Å². The van der Waals surface area contributed by atoms with Crippen LogP contribution < -0.4 is 0 Å². The summed E-state index contributed by atoms with van der Waals surface area (Å²) in [6.45, 7) is 5.72. The van der Waals surface area contributed by atoms with E-state index in [9.17, 15) is 4.79 Å². The standard InChI is InChI=1S/C24H26N4O/c1-15-8-9-22-18(12-15)16(2)23(27(22)3)24(29)28-11-5-6-17(14-28)20-13-21-19(26-20)7-4-10-25-21/h4,7-10,12-13,17,26H,5-6,11,14H2,1-3H3/t17-/m1/s1. The third kappa shape index (κ3) is 2.92. The van der Waals surface area contributed by atoms with Gasteiger partial charge in [-0.2, -0.15) is 0 Å². The maximum absolute atomic E-state index is 13.5. The lowest BCUT2D eigenvalue weighted by Gasteiger charge is -2.32. The smallest absolute Gasteiger partial charge is 0.270 e. The number of carbonyl (C=O) groups is 1. The molecule has 0 radical (unpaired) electrons. The number of fused-ring (bicyclic) bond motifs is 2. The Labute approximate surface area is 170 Å². The zero-order chi connectivity index (χ0) is 20.1. The van der Waals surface area contributed by atoms with Crippen LogP contribution in [0.5, 0.6) is 0 Å². The number of nitrogens with zero attached hydrogens (tertiary/aromatic N) is 3. The van der Waals surface area contributed by atoms with Gasteiger partial charge in [-0.3, -0.25) is 9.78 Å². The number of hydrogen-bond donors (Lipinski definition) is 1. The molecule has 0 saturated carbocycles. The topological polar surface area (TPSA) is 53.9 Å². The van der Waals surface area contributed by atoms with Gasteiger partial charge in [-0.15, -0.1) is 0 Å². The Morgan fingerprint density at radius 1 is 1.21 bits per heavy atom. The first-order chi connectivity index (χ1) is 14.0. The van der Waals surface area contributed by atoms with E-state index in [2.05, 4.69) is 58.7 Å². The van der Waals surface area contributed by atoms with Gasteiger partial charge in [-0.1, -0.05) is 11.6 Å². The van der Waals surface area contributed by atoms with Crippen molar-refractivity contribution in [1.29, 1.82) is 0 Å². The number of aromatic nitrogens is 3. The summed E-state index contributed by atoms with van der Waals surface area (Å²) in [5.41, 5.74) is 7.46. The lowest BCUT2D eigenvalue weighted by atomic mass is 9.94. The van der Waals surface area contributed by atoms with Crippen LogP contribution in [0.25, 0.3) is 21.9 Å². The van der Waals surface area contributed by atoms with Gasteiger partial charge in [0.25, 0.3) is 5.91 Å². The third-order valence-corrected chi connectivity index (χ3v) is 6.37. The van der Waals surface area contributed by atoms with E-state index < -0.39 is 0 Å². The Bertz CT molecular complexity index is 1200. The molecule has 1 N–H and O–H groups in total. The Morgan fingerprint density at radius 2 is 2.07 bits per heavy atom. The molecule has 0 aliphatic carbocycles. The van der Waals surface area contributed by atoms with Gasteiger partial charge in [-0.05, 0) is 62.6 Å². The lowest BCUT2D eigenvalue weighted by molar-refractivity contribution is 0.0696. The van der Waals surface area contributed by atoms with Crippen LogP contribution in [0.1, 0.15) is 46.1 Å². The quantitative estimate of drug-likeness (QED) is 0.543. The Kier molecular flexibility index (Phi) is 4.19. The SMILES string of the molecule is Cc1ccc2c(c1)c(C)c(C(=O)N1CCC[C@@H](c3cc4ncccc4[nH]3)C1)n2C. The van der Waals surface area contributed by atoms with Crippen molar-refractivity contribution in [2.45, 2.75) is 32.6 Å². The minimum atomic E-state index is 0.137. The average Bonchev–Trinajstić information content (AvgIpc) is 3.27. The molecule has 1 amide bonds. The molecule has 1 aromatic carbocycles. The summed E-state index contributed by atoms with van der Waals surface area (Å²) >= 11 is 0. The fourth-order valence-corrected chi connectivity index (χ4v) is 4.81. The molecule has 4 aromatic rings. The molecule has 1 atom stereocenters. The van der Waals surface area contributed by atoms with Gasteiger partial charge < -0.3 is 14.5 Å². The van der Waals surface area contributed by atoms with Gasteiger partial charge in [0.15, 0.2) is 0 Å². The summed E-state index contributed by atoms with van der Waals surface area (Å²) in [4.78, 5) is 23.5. The van der Waals surface area contributed by atoms with Gasteiger partial charge in [0.05, 0.1) is 11.0 Å². The normalized spacial score (nSPS) is 17.3. The number of rotatable bonds is 2. The van der Waals surface area contributed by atoms with Gasteiger partial charge in [0, 0.05) is 48.8 Å². The molecule has 1 aliphatic rings. The first-order valence-corrected chi connectivity index (χ1v) is 10.3. The number of pyridine rings is 1. The molecular formula is C24H26N4O. The highest BCUT2D eigenvalue weighted by Gasteiger charge is 2.29. The summed E-state index contributed by atoms with van der Waals surface area (Å²) in [6.07, 6.45) is 3.92. The Balaban J connectivity index is 1.46. The number of benzene rings is 1. The van der Waals surface area contributed by atoms with E-state index in [0.717, 1.165) is 53.7 Å². The number of H-pyrrole nitrogens is 1. The molecule has 0 spiro atoms. The summed E-state index contributed by atoms with van der Waals surface area (Å²) in [5.74, 6) is 0.455. The number of amides is 1. The van der Waals surface area contributed by atoms with Crippen molar-refractivity contribution >= 4 is 27.8 Å². The Morgan fingerprint density at radius 3 is 2.90 bits per heavy atom. The highest BCUT2D eigenvalue weighted by molar-refractivity contribution is 6.01. The predicted molar refractivity (Wildman–Crippen MR) is 116 cm³/mol. The highest BCUT2D eigenvalue weighted by Crippen LogP contribution is 2.31. The molecule has 5 rings (SSSR count). The molecule has 1 saturated heterocycles. The Hall–Kier alpha value is -3.08. The van der Waals surface area contributed by atoms with Crippen molar-refractivity contribution in [3.05, 3.63) is 65.1 Å². The van der Waals surface area contributed by atoms with Gasteiger partial charge >= 0.3 is 0 Å². The van der Waals surface area contributed by atoms with Crippen LogP contribution in [0, 0.1) is 13.8 Å². The van der Waals surface area contributed by atoms with Crippen molar-refractivity contribution in [3.63, 3.8) is 0 Å². The number of piperidine rings is 1. The molecular weight excluding hydrogens is 360 g/mol. The molecule has 0 bridgehead atoms. The maximum atomic E-state index is 13.5. The molecule has 0 unspecified atom stereocenters. The summed E-state index contributed by atoms with van der Waals surface area (Å²) < 4.78 is 2.06. The molecule has 5 nitrogen and oxygen atoms in total.